The van der Waals surface area contributed by atoms with Gasteiger partial charge in [0, 0.05) is 30.9 Å². The monoisotopic (exact) mass is 228 g/mol. The lowest BCUT2D eigenvalue weighted by molar-refractivity contribution is 0.379. The number of benzene rings is 1. The third-order valence-corrected chi connectivity index (χ3v) is 2.74. The zero-order valence-electron chi connectivity index (χ0n) is 10.8. The van der Waals surface area contributed by atoms with Crippen molar-refractivity contribution in [1.82, 2.24) is 10.3 Å². The van der Waals surface area contributed by atoms with E-state index in [2.05, 4.69) is 55.3 Å². The topological polar surface area (TPSA) is 24.9 Å². The van der Waals surface area contributed by atoms with Crippen LogP contribution in [0.15, 0.2) is 36.7 Å². The Morgan fingerprint density at radius 1 is 1.18 bits per heavy atom. The van der Waals surface area contributed by atoms with Crippen LogP contribution in [0.1, 0.15) is 26.3 Å². The van der Waals surface area contributed by atoms with E-state index < -0.39 is 0 Å². The van der Waals surface area contributed by atoms with E-state index in [1.165, 1.54) is 16.3 Å². The van der Waals surface area contributed by atoms with Crippen molar-refractivity contribution in [3.05, 3.63) is 42.2 Å². The Morgan fingerprint density at radius 2 is 2.00 bits per heavy atom. The Kier molecular flexibility index (Phi) is 3.43. The van der Waals surface area contributed by atoms with Crippen molar-refractivity contribution in [3.8, 4) is 0 Å². The average molecular weight is 228 g/mol. The van der Waals surface area contributed by atoms with Crippen LogP contribution in [0.5, 0.6) is 0 Å². The third kappa shape index (κ3) is 3.27. The Balaban J connectivity index is 2.13. The number of rotatable bonds is 3. The van der Waals surface area contributed by atoms with Crippen LogP contribution in [-0.4, -0.2) is 11.5 Å². The Hall–Kier alpha value is -1.41. The highest BCUT2D eigenvalue weighted by Crippen LogP contribution is 2.18. The molecule has 2 heteroatoms. The standard InChI is InChI=1S/C15H20N2/c1-15(2,3)11-17-10-13-6-4-5-12-9-16-8-7-14(12)13/h4-9,17H,10-11H2,1-3H3. The van der Waals surface area contributed by atoms with E-state index in [1.807, 2.05) is 12.4 Å². The van der Waals surface area contributed by atoms with Crippen LogP contribution in [-0.2, 0) is 6.54 Å². The number of hydrogen-bond acceptors (Lipinski definition) is 2. The first-order chi connectivity index (χ1) is 8.06. The van der Waals surface area contributed by atoms with Gasteiger partial charge in [-0.2, -0.15) is 0 Å². The summed E-state index contributed by atoms with van der Waals surface area (Å²) < 4.78 is 0. The predicted octanol–water partition coefficient (Wildman–Crippen LogP) is 3.37. The van der Waals surface area contributed by atoms with Gasteiger partial charge in [0.25, 0.3) is 0 Å². The Morgan fingerprint density at radius 3 is 2.76 bits per heavy atom. The van der Waals surface area contributed by atoms with Gasteiger partial charge in [-0.05, 0) is 22.4 Å². The number of pyridine rings is 1. The van der Waals surface area contributed by atoms with E-state index in [4.69, 9.17) is 0 Å². The lowest BCUT2D eigenvalue weighted by Gasteiger charge is -2.19. The fourth-order valence-electron chi connectivity index (χ4n) is 1.92. The van der Waals surface area contributed by atoms with E-state index in [-0.39, 0.29) is 0 Å². The zero-order chi connectivity index (χ0) is 12.3. The molecule has 1 aromatic carbocycles. The molecule has 0 spiro atoms. The van der Waals surface area contributed by atoms with Crippen LogP contribution in [0.3, 0.4) is 0 Å². The van der Waals surface area contributed by atoms with E-state index >= 15 is 0 Å². The quantitative estimate of drug-likeness (QED) is 0.871. The number of hydrogen-bond donors (Lipinski definition) is 1. The molecule has 0 radical (unpaired) electrons. The summed E-state index contributed by atoms with van der Waals surface area (Å²) in [6.45, 7) is 8.67. The maximum Gasteiger partial charge on any atom is 0.0346 e. The average Bonchev–Trinajstić information content (AvgIpc) is 2.28. The second kappa shape index (κ2) is 4.84. The summed E-state index contributed by atoms with van der Waals surface area (Å²) in [4.78, 5) is 4.15. The molecule has 0 saturated heterocycles. The largest absolute Gasteiger partial charge is 0.312 e. The molecule has 2 rings (SSSR count). The Labute approximate surface area is 103 Å². The minimum absolute atomic E-state index is 0.326. The number of fused-ring (bicyclic) bond motifs is 1. The molecule has 0 saturated carbocycles. The SMILES string of the molecule is CC(C)(C)CNCc1cccc2cnccc12. The molecule has 1 aromatic heterocycles. The van der Waals surface area contributed by atoms with E-state index in [0.717, 1.165) is 13.1 Å². The van der Waals surface area contributed by atoms with Crippen molar-refractivity contribution in [2.45, 2.75) is 27.3 Å². The fraction of sp³-hybridized carbons (Fsp3) is 0.400. The van der Waals surface area contributed by atoms with Crippen LogP contribution in [0, 0.1) is 5.41 Å². The van der Waals surface area contributed by atoms with E-state index in [0.29, 0.717) is 5.41 Å². The molecule has 90 valence electrons. The molecule has 0 aliphatic rings. The molecule has 1 heterocycles. The molecule has 0 atom stereocenters. The predicted molar refractivity (Wildman–Crippen MR) is 72.9 cm³/mol. The first-order valence-corrected chi connectivity index (χ1v) is 6.09. The van der Waals surface area contributed by atoms with E-state index in [9.17, 15) is 0 Å². The molecule has 1 N–H and O–H groups in total. The fourth-order valence-corrected chi connectivity index (χ4v) is 1.92. The summed E-state index contributed by atoms with van der Waals surface area (Å²) in [5, 5.41) is 6.02. The molecule has 0 aliphatic carbocycles. The zero-order valence-corrected chi connectivity index (χ0v) is 10.8. The molecule has 0 aliphatic heterocycles. The van der Waals surface area contributed by atoms with Gasteiger partial charge in [0.1, 0.15) is 0 Å². The number of aromatic nitrogens is 1. The van der Waals surface area contributed by atoms with Crippen molar-refractivity contribution >= 4 is 10.8 Å². The molecule has 17 heavy (non-hydrogen) atoms. The van der Waals surface area contributed by atoms with Crippen LogP contribution in [0.4, 0.5) is 0 Å². The minimum Gasteiger partial charge on any atom is -0.312 e. The molecule has 2 nitrogen and oxygen atoms in total. The molecule has 0 unspecified atom stereocenters. The highest BCUT2D eigenvalue weighted by molar-refractivity contribution is 5.84. The van der Waals surface area contributed by atoms with E-state index in [1.54, 1.807) is 0 Å². The summed E-state index contributed by atoms with van der Waals surface area (Å²) in [7, 11) is 0. The lowest BCUT2D eigenvalue weighted by atomic mass is 9.97. The highest BCUT2D eigenvalue weighted by Gasteiger charge is 2.09. The maximum atomic E-state index is 4.15. The van der Waals surface area contributed by atoms with Crippen LogP contribution < -0.4 is 5.32 Å². The van der Waals surface area contributed by atoms with Gasteiger partial charge in [0.2, 0.25) is 0 Å². The number of nitrogens with zero attached hydrogens (tertiary/aromatic N) is 1. The first-order valence-electron chi connectivity index (χ1n) is 6.09. The van der Waals surface area contributed by atoms with Crippen LogP contribution >= 0.6 is 0 Å². The summed E-state index contributed by atoms with van der Waals surface area (Å²) >= 11 is 0. The van der Waals surface area contributed by atoms with Gasteiger partial charge in [-0.15, -0.1) is 0 Å². The lowest BCUT2D eigenvalue weighted by Crippen LogP contribution is -2.26. The third-order valence-electron chi connectivity index (χ3n) is 2.74. The first kappa shape index (κ1) is 12.1. The summed E-state index contributed by atoms with van der Waals surface area (Å²) in [6.07, 6.45) is 3.78. The van der Waals surface area contributed by atoms with Crippen molar-refractivity contribution in [3.63, 3.8) is 0 Å². The second-order valence-electron chi connectivity index (χ2n) is 5.68. The van der Waals surface area contributed by atoms with Gasteiger partial charge in [0.15, 0.2) is 0 Å². The normalized spacial score (nSPS) is 11.9. The van der Waals surface area contributed by atoms with Crippen molar-refractivity contribution < 1.29 is 0 Å². The Bertz CT molecular complexity index is 492. The molecular weight excluding hydrogens is 208 g/mol. The summed E-state index contributed by atoms with van der Waals surface area (Å²) in [6, 6.07) is 8.47. The smallest absolute Gasteiger partial charge is 0.0346 e. The molecule has 0 bridgehead atoms. The minimum atomic E-state index is 0.326. The van der Waals surface area contributed by atoms with Crippen LogP contribution in [0.25, 0.3) is 10.8 Å². The van der Waals surface area contributed by atoms with Crippen molar-refractivity contribution in [2.24, 2.45) is 5.41 Å². The highest BCUT2D eigenvalue weighted by atomic mass is 14.9. The summed E-state index contributed by atoms with van der Waals surface area (Å²) in [5.74, 6) is 0. The van der Waals surface area contributed by atoms with Gasteiger partial charge < -0.3 is 5.32 Å². The van der Waals surface area contributed by atoms with Gasteiger partial charge >= 0.3 is 0 Å². The maximum absolute atomic E-state index is 4.15. The van der Waals surface area contributed by atoms with Gasteiger partial charge in [0.05, 0.1) is 0 Å². The molecular formula is C15H20N2. The molecule has 2 aromatic rings. The van der Waals surface area contributed by atoms with Crippen LogP contribution in [0.2, 0.25) is 0 Å². The van der Waals surface area contributed by atoms with Gasteiger partial charge in [-0.1, -0.05) is 39.0 Å². The van der Waals surface area contributed by atoms with Crippen molar-refractivity contribution in [2.75, 3.05) is 6.54 Å². The molecule has 0 fully saturated rings. The second-order valence-corrected chi connectivity index (χ2v) is 5.68. The molecule has 0 amide bonds. The van der Waals surface area contributed by atoms with Gasteiger partial charge in [-0.3, -0.25) is 4.98 Å². The van der Waals surface area contributed by atoms with Crippen molar-refractivity contribution in [1.29, 1.82) is 0 Å². The number of nitrogens with one attached hydrogen (secondary N) is 1. The van der Waals surface area contributed by atoms with Gasteiger partial charge in [-0.25, -0.2) is 0 Å². The summed E-state index contributed by atoms with van der Waals surface area (Å²) in [5.41, 5.74) is 1.67.